The average molecular weight is 580 g/mol. The standard InChI is InChI=1S/C32H41N3O5S/c1-7-25(4)33-32(37)29(20-26-15-9-8-10-16-26)34(21-27-17-12-18-28(19-27)40-5)30(36)22-35(41(6,38)39)31-23(2)13-11-14-24(31)3/h8-19,25,29H,7,20-22H2,1-6H3,(H,33,37)/t25-,29-/m1/s1. The number of anilines is 1. The van der Waals surface area contributed by atoms with E-state index in [0.29, 0.717) is 11.4 Å². The molecule has 0 saturated heterocycles. The molecule has 0 fully saturated rings. The highest BCUT2D eigenvalue weighted by molar-refractivity contribution is 7.92. The van der Waals surface area contributed by atoms with Gasteiger partial charge in [0.25, 0.3) is 0 Å². The summed E-state index contributed by atoms with van der Waals surface area (Å²) in [6, 6.07) is 21.3. The zero-order chi connectivity index (χ0) is 30.2. The zero-order valence-corrected chi connectivity index (χ0v) is 25.6. The number of hydrogen-bond acceptors (Lipinski definition) is 5. The first kappa shape index (κ1) is 31.7. The Bertz CT molecular complexity index is 1420. The molecule has 3 aromatic rings. The van der Waals surface area contributed by atoms with Crippen molar-refractivity contribution in [1.82, 2.24) is 10.2 Å². The molecule has 2 atom stereocenters. The highest BCUT2D eigenvalue weighted by Gasteiger charge is 2.34. The normalized spacial score (nSPS) is 12.7. The van der Waals surface area contributed by atoms with Crippen molar-refractivity contribution in [2.75, 3.05) is 24.2 Å². The molecule has 0 spiro atoms. The van der Waals surface area contributed by atoms with Crippen molar-refractivity contribution in [1.29, 1.82) is 0 Å². The van der Waals surface area contributed by atoms with Gasteiger partial charge in [-0.25, -0.2) is 8.42 Å². The molecule has 0 aliphatic carbocycles. The molecule has 0 aromatic heterocycles. The number of para-hydroxylation sites is 1. The SMILES string of the molecule is CC[C@@H](C)NC(=O)[C@@H](Cc1ccccc1)N(Cc1cccc(OC)c1)C(=O)CN(c1c(C)cccc1C)S(C)(=O)=O. The molecule has 0 radical (unpaired) electrons. The van der Waals surface area contributed by atoms with Gasteiger partial charge < -0.3 is 15.0 Å². The maximum Gasteiger partial charge on any atom is 0.244 e. The predicted molar refractivity (Wildman–Crippen MR) is 163 cm³/mol. The van der Waals surface area contributed by atoms with E-state index in [1.54, 1.807) is 13.2 Å². The Morgan fingerprint density at radius 3 is 2.12 bits per heavy atom. The minimum atomic E-state index is -3.84. The van der Waals surface area contributed by atoms with E-state index in [1.165, 1.54) is 4.90 Å². The summed E-state index contributed by atoms with van der Waals surface area (Å²) in [5.41, 5.74) is 3.57. The second kappa shape index (κ2) is 14.2. The second-order valence-electron chi connectivity index (χ2n) is 10.4. The lowest BCUT2D eigenvalue weighted by molar-refractivity contribution is -0.140. The third kappa shape index (κ3) is 8.57. The number of nitrogens with one attached hydrogen (secondary N) is 1. The quantitative estimate of drug-likeness (QED) is 0.319. The van der Waals surface area contributed by atoms with Gasteiger partial charge in [0.05, 0.1) is 19.1 Å². The van der Waals surface area contributed by atoms with Gasteiger partial charge in [-0.3, -0.25) is 13.9 Å². The molecule has 0 aliphatic heterocycles. The summed E-state index contributed by atoms with van der Waals surface area (Å²) in [6.45, 7) is 7.17. The first-order valence-electron chi connectivity index (χ1n) is 13.7. The molecule has 0 heterocycles. The fourth-order valence-corrected chi connectivity index (χ4v) is 5.70. The lowest BCUT2D eigenvalue weighted by Gasteiger charge is -2.34. The van der Waals surface area contributed by atoms with Gasteiger partial charge in [0, 0.05) is 19.0 Å². The minimum absolute atomic E-state index is 0.0891. The molecule has 2 amide bonds. The van der Waals surface area contributed by atoms with Crippen molar-refractivity contribution in [2.24, 2.45) is 0 Å². The number of nitrogens with zero attached hydrogens (tertiary/aromatic N) is 2. The van der Waals surface area contributed by atoms with Crippen molar-refractivity contribution in [3.63, 3.8) is 0 Å². The van der Waals surface area contributed by atoms with Gasteiger partial charge in [-0.1, -0.05) is 67.6 Å². The van der Waals surface area contributed by atoms with Crippen molar-refractivity contribution >= 4 is 27.5 Å². The number of ether oxygens (including phenoxy) is 1. The Kier molecular flexibility index (Phi) is 10.9. The van der Waals surface area contributed by atoms with E-state index in [-0.39, 0.29) is 24.9 Å². The van der Waals surface area contributed by atoms with Gasteiger partial charge in [-0.15, -0.1) is 0 Å². The van der Waals surface area contributed by atoms with Crippen molar-refractivity contribution in [2.45, 2.75) is 59.2 Å². The number of benzene rings is 3. The van der Waals surface area contributed by atoms with E-state index in [4.69, 9.17) is 4.74 Å². The van der Waals surface area contributed by atoms with Gasteiger partial charge in [-0.2, -0.15) is 0 Å². The Hall–Kier alpha value is -3.85. The van der Waals surface area contributed by atoms with Crippen molar-refractivity contribution in [3.05, 3.63) is 95.1 Å². The zero-order valence-electron chi connectivity index (χ0n) is 24.8. The number of carbonyl (C=O) groups is 2. The molecule has 0 aliphatic rings. The third-order valence-electron chi connectivity index (χ3n) is 7.13. The van der Waals surface area contributed by atoms with E-state index in [0.717, 1.165) is 39.2 Å². The van der Waals surface area contributed by atoms with Crippen molar-refractivity contribution in [3.8, 4) is 5.75 Å². The number of rotatable bonds is 13. The van der Waals surface area contributed by atoms with Crippen LogP contribution in [-0.2, 0) is 32.6 Å². The van der Waals surface area contributed by atoms with Crippen LogP contribution in [-0.4, -0.2) is 57.1 Å². The van der Waals surface area contributed by atoms with E-state index in [1.807, 2.05) is 94.4 Å². The highest BCUT2D eigenvalue weighted by Crippen LogP contribution is 2.27. The summed E-state index contributed by atoms with van der Waals surface area (Å²) < 4.78 is 32.7. The third-order valence-corrected chi connectivity index (χ3v) is 8.24. The van der Waals surface area contributed by atoms with Crippen LogP contribution >= 0.6 is 0 Å². The van der Waals surface area contributed by atoms with Gasteiger partial charge in [0.2, 0.25) is 21.8 Å². The number of hydrogen-bond donors (Lipinski definition) is 1. The molecule has 1 N–H and O–H groups in total. The molecular weight excluding hydrogens is 538 g/mol. The minimum Gasteiger partial charge on any atom is -0.497 e. The summed E-state index contributed by atoms with van der Waals surface area (Å²) in [7, 11) is -2.27. The van der Waals surface area contributed by atoms with Gasteiger partial charge >= 0.3 is 0 Å². The molecule has 41 heavy (non-hydrogen) atoms. The maximum atomic E-state index is 14.3. The lowest BCUT2D eigenvalue weighted by atomic mass is 10.0. The summed E-state index contributed by atoms with van der Waals surface area (Å²) >= 11 is 0. The average Bonchev–Trinajstić information content (AvgIpc) is 2.94. The topological polar surface area (TPSA) is 96.0 Å². The van der Waals surface area contributed by atoms with Crippen molar-refractivity contribution < 1.29 is 22.7 Å². The Balaban J connectivity index is 2.11. The molecule has 0 saturated carbocycles. The number of sulfonamides is 1. The van der Waals surface area contributed by atoms with Gasteiger partial charge in [0.1, 0.15) is 18.3 Å². The molecule has 3 aromatic carbocycles. The molecule has 9 heteroatoms. The second-order valence-corrected chi connectivity index (χ2v) is 12.3. The summed E-state index contributed by atoms with van der Waals surface area (Å²) in [6.07, 6.45) is 2.08. The van der Waals surface area contributed by atoms with Crippen LogP contribution in [0.5, 0.6) is 5.75 Å². The summed E-state index contributed by atoms with van der Waals surface area (Å²) in [5.74, 6) is -0.162. The van der Waals surface area contributed by atoms with Crippen LogP contribution in [0, 0.1) is 13.8 Å². The van der Waals surface area contributed by atoms with Crippen LogP contribution < -0.4 is 14.4 Å². The number of aryl methyl sites for hydroxylation is 2. The fraction of sp³-hybridized carbons (Fsp3) is 0.375. The molecular formula is C32H41N3O5S. The van der Waals surface area contributed by atoms with Crippen LogP contribution in [0.15, 0.2) is 72.8 Å². The number of carbonyl (C=O) groups excluding carboxylic acids is 2. The smallest absolute Gasteiger partial charge is 0.244 e. The van der Waals surface area contributed by atoms with Crippen LogP contribution in [0.25, 0.3) is 0 Å². The summed E-state index contributed by atoms with van der Waals surface area (Å²) in [5, 5.41) is 3.04. The fourth-order valence-electron chi connectivity index (χ4n) is 4.74. The number of methoxy groups -OCH3 is 1. The molecule has 0 unspecified atom stereocenters. The first-order chi connectivity index (χ1) is 19.4. The predicted octanol–water partition coefficient (Wildman–Crippen LogP) is 4.63. The monoisotopic (exact) mass is 579 g/mol. The summed E-state index contributed by atoms with van der Waals surface area (Å²) in [4.78, 5) is 29.5. The highest BCUT2D eigenvalue weighted by atomic mass is 32.2. The van der Waals surface area contributed by atoms with E-state index < -0.39 is 28.5 Å². The van der Waals surface area contributed by atoms with Gasteiger partial charge in [0.15, 0.2) is 0 Å². The van der Waals surface area contributed by atoms with Crippen LogP contribution in [0.1, 0.15) is 42.5 Å². The number of amides is 2. The van der Waals surface area contributed by atoms with E-state index in [2.05, 4.69) is 5.32 Å². The molecule has 8 nitrogen and oxygen atoms in total. The van der Waals surface area contributed by atoms with E-state index >= 15 is 0 Å². The van der Waals surface area contributed by atoms with E-state index in [9.17, 15) is 18.0 Å². The van der Waals surface area contributed by atoms with Crippen LogP contribution in [0.3, 0.4) is 0 Å². The Morgan fingerprint density at radius 2 is 1.54 bits per heavy atom. The maximum absolute atomic E-state index is 14.3. The molecule has 0 bridgehead atoms. The molecule has 3 rings (SSSR count). The van der Waals surface area contributed by atoms with Gasteiger partial charge in [-0.05, 0) is 61.6 Å². The molecule has 220 valence electrons. The first-order valence-corrected chi connectivity index (χ1v) is 15.6. The lowest BCUT2D eigenvalue weighted by Crippen LogP contribution is -2.54. The Labute approximate surface area is 244 Å². The van der Waals surface area contributed by atoms with Crippen LogP contribution in [0.2, 0.25) is 0 Å². The largest absolute Gasteiger partial charge is 0.497 e. The Morgan fingerprint density at radius 1 is 0.927 bits per heavy atom. The van der Waals surface area contributed by atoms with Crippen LogP contribution in [0.4, 0.5) is 5.69 Å².